The number of benzene rings is 1. The Morgan fingerprint density at radius 2 is 1.90 bits per heavy atom. The van der Waals surface area contributed by atoms with Crippen molar-refractivity contribution >= 4 is 10.0 Å². The molecule has 0 bridgehead atoms. The molecule has 0 unspecified atom stereocenters. The third-order valence-corrected chi connectivity index (χ3v) is 4.60. The molecule has 0 heterocycles. The summed E-state index contributed by atoms with van der Waals surface area (Å²) in [5.41, 5.74) is -1.56. The number of nitrogens with zero attached hydrogens (tertiary/aromatic N) is 1. The van der Waals surface area contributed by atoms with Gasteiger partial charge in [0, 0.05) is 13.1 Å². The van der Waals surface area contributed by atoms with Crippen molar-refractivity contribution in [1.29, 1.82) is 0 Å². The van der Waals surface area contributed by atoms with Crippen LogP contribution in [0.2, 0.25) is 0 Å². The molecule has 0 aliphatic carbocycles. The van der Waals surface area contributed by atoms with Crippen LogP contribution in [0.5, 0.6) is 0 Å². The van der Waals surface area contributed by atoms with E-state index in [4.69, 9.17) is 5.11 Å². The van der Waals surface area contributed by atoms with Gasteiger partial charge >= 0.3 is 6.18 Å². The van der Waals surface area contributed by atoms with E-state index in [1.165, 1.54) is 6.92 Å². The molecule has 1 rings (SSSR count). The molecule has 20 heavy (non-hydrogen) atoms. The fourth-order valence-electron chi connectivity index (χ4n) is 1.65. The van der Waals surface area contributed by atoms with Crippen LogP contribution in [-0.2, 0) is 16.2 Å². The molecule has 1 aromatic carbocycles. The highest BCUT2D eigenvalue weighted by Crippen LogP contribution is 2.35. The quantitative estimate of drug-likeness (QED) is 0.844. The van der Waals surface area contributed by atoms with Crippen molar-refractivity contribution < 1.29 is 31.1 Å². The zero-order chi connectivity index (χ0) is 15.6. The van der Waals surface area contributed by atoms with E-state index in [9.17, 15) is 26.0 Å². The highest BCUT2D eigenvalue weighted by Gasteiger charge is 2.39. The smallest absolute Gasteiger partial charge is 0.395 e. The molecule has 0 fully saturated rings. The van der Waals surface area contributed by atoms with Gasteiger partial charge in [0.25, 0.3) is 0 Å². The molecule has 0 aliphatic rings. The standard InChI is InChI=1S/C11H13F4NO3S/c1-2-16(5-6-17)20(18,19)10-4-3-8(12)7-9(10)11(13,14)15/h3-4,7,17H,2,5-6H2,1H3. The summed E-state index contributed by atoms with van der Waals surface area (Å²) in [6.45, 7) is 0.435. The molecule has 0 aliphatic heterocycles. The van der Waals surface area contributed by atoms with Crippen LogP contribution >= 0.6 is 0 Å². The number of sulfonamides is 1. The van der Waals surface area contributed by atoms with Gasteiger partial charge in [0.1, 0.15) is 5.82 Å². The van der Waals surface area contributed by atoms with Crippen LogP contribution in [0.25, 0.3) is 0 Å². The molecular formula is C11H13F4NO3S. The highest BCUT2D eigenvalue weighted by molar-refractivity contribution is 7.89. The van der Waals surface area contributed by atoms with Crippen LogP contribution in [-0.4, -0.2) is 37.5 Å². The maximum Gasteiger partial charge on any atom is 0.417 e. The van der Waals surface area contributed by atoms with E-state index in [1.807, 2.05) is 0 Å². The summed E-state index contributed by atoms with van der Waals surface area (Å²) < 4.78 is 76.3. The summed E-state index contributed by atoms with van der Waals surface area (Å²) in [6.07, 6.45) is -5.00. The molecule has 9 heteroatoms. The molecule has 0 amide bonds. The maximum absolute atomic E-state index is 12.9. The Morgan fingerprint density at radius 3 is 2.35 bits per heavy atom. The van der Waals surface area contributed by atoms with E-state index in [-0.39, 0.29) is 19.2 Å². The molecule has 0 atom stereocenters. The number of aliphatic hydroxyl groups excluding tert-OH is 1. The van der Waals surface area contributed by atoms with E-state index in [0.717, 1.165) is 0 Å². The van der Waals surface area contributed by atoms with E-state index < -0.39 is 39.1 Å². The zero-order valence-corrected chi connectivity index (χ0v) is 11.3. The molecule has 114 valence electrons. The number of aliphatic hydroxyl groups is 1. The topological polar surface area (TPSA) is 57.6 Å². The van der Waals surface area contributed by atoms with Gasteiger partial charge in [0.15, 0.2) is 0 Å². The van der Waals surface area contributed by atoms with Crippen molar-refractivity contribution in [2.45, 2.75) is 18.0 Å². The van der Waals surface area contributed by atoms with Crippen molar-refractivity contribution in [3.63, 3.8) is 0 Å². The van der Waals surface area contributed by atoms with Crippen LogP contribution in [0, 0.1) is 5.82 Å². The van der Waals surface area contributed by atoms with Gasteiger partial charge < -0.3 is 5.11 Å². The minimum absolute atomic E-state index is 0.114. The average molecular weight is 315 g/mol. The van der Waals surface area contributed by atoms with E-state index in [1.54, 1.807) is 0 Å². The summed E-state index contributed by atoms with van der Waals surface area (Å²) >= 11 is 0. The minimum atomic E-state index is -5.00. The van der Waals surface area contributed by atoms with Gasteiger partial charge in [-0.1, -0.05) is 6.92 Å². The van der Waals surface area contributed by atoms with Crippen LogP contribution in [0.3, 0.4) is 0 Å². The lowest BCUT2D eigenvalue weighted by Crippen LogP contribution is -2.34. The van der Waals surface area contributed by atoms with E-state index >= 15 is 0 Å². The summed E-state index contributed by atoms with van der Waals surface area (Å²) in [5.74, 6) is -1.18. The third kappa shape index (κ3) is 3.47. The molecular weight excluding hydrogens is 302 g/mol. The molecule has 1 aromatic rings. The lowest BCUT2D eigenvalue weighted by Gasteiger charge is -2.21. The normalized spacial score (nSPS) is 12.9. The maximum atomic E-state index is 12.9. The Balaban J connectivity index is 3.46. The summed E-state index contributed by atoms with van der Waals surface area (Å²) in [5, 5.41) is 8.76. The number of rotatable bonds is 5. The molecule has 4 nitrogen and oxygen atoms in total. The van der Waals surface area contributed by atoms with E-state index in [0.29, 0.717) is 16.4 Å². The first-order chi connectivity index (χ1) is 9.14. The predicted octanol–water partition coefficient (Wildman–Crippen LogP) is 1.85. The van der Waals surface area contributed by atoms with Gasteiger partial charge in [-0.2, -0.15) is 17.5 Å². The zero-order valence-electron chi connectivity index (χ0n) is 10.5. The van der Waals surface area contributed by atoms with Gasteiger partial charge in [0.2, 0.25) is 10.0 Å². The molecule has 1 N–H and O–H groups in total. The number of likely N-dealkylation sites (N-methyl/N-ethyl adjacent to an activating group) is 1. The van der Waals surface area contributed by atoms with E-state index in [2.05, 4.69) is 0 Å². The van der Waals surface area contributed by atoms with Crippen LogP contribution < -0.4 is 0 Å². The average Bonchev–Trinajstić information content (AvgIpc) is 2.34. The summed E-state index contributed by atoms with van der Waals surface area (Å²) in [7, 11) is -4.46. The first-order valence-electron chi connectivity index (χ1n) is 5.62. The van der Waals surface area contributed by atoms with Crippen molar-refractivity contribution in [2.24, 2.45) is 0 Å². The second-order valence-electron chi connectivity index (χ2n) is 3.86. The number of alkyl halides is 3. The Kier molecular flexibility index (Phi) is 5.11. The minimum Gasteiger partial charge on any atom is -0.395 e. The number of hydrogen-bond donors (Lipinski definition) is 1. The number of halogens is 4. The highest BCUT2D eigenvalue weighted by atomic mass is 32.2. The molecule has 0 saturated carbocycles. The summed E-state index contributed by atoms with van der Waals surface area (Å²) in [4.78, 5) is -1.03. The molecule has 0 radical (unpaired) electrons. The molecule has 0 saturated heterocycles. The van der Waals surface area contributed by atoms with Gasteiger partial charge in [-0.15, -0.1) is 0 Å². The largest absolute Gasteiger partial charge is 0.417 e. The summed E-state index contributed by atoms with van der Waals surface area (Å²) in [6, 6.07) is 1.36. The first kappa shape index (κ1) is 16.9. The van der Waals surface area contributed by atoms with Crippen molar-refractivity contribution in [3.05, 3.63) is 29.6 Å². The van der Waals surface area contributed by atoms with Crippen molar-refractivity contribution in [2.75, 3.05) is 19.7 Å². The fourth-order valence-corrected chi connectivity index (χ4v) is 3.28. The number of hydrogen-bond acceptors (Lipinski definition) is 3. The SMILES string of the molecule is CCN(CCO)S(=O)(=O)c1ccc(F)cc1C(F)(F)F. The fraction of sp³-hybridized carbons (Fsp3) is 0.455. The van der Waals surface area contributed by atoms with Crippen LogP contribution in [0.15, 0.2) is 23.1 Å². The Labute approximate surface area is 113 Å². The lowest BCUT2D eigenvalue weighted by molar-refractivity contribution is -0.140. The van der Waals surface area contributed by atoms with Crippen LogP contribution in [0.1, 0.15) is 12.5 Å². The Bertz CT molecular complexity index is 572. The Morgan fingerprint density at radius 1 is 1.30 bits per heavy atom. The first-order valence-corrected chi connectivity index (χ1v) is 7.06. The molecule has 0 spiro atoms. The second kappa shape index (κ2) is 6.06. The predicted molar refractivity (Wildman–Crippen MR) is 62.9 cm³/mol. The van der Waals surface area contributed by atoms with Gasteiger partial charge in [-0.05, 0) is 18.2 Å². The van der Waals surface area contributed by atoms with Gasteiger partial charge in [-0.25, -0.2) is 12.8 Å². The van der Waals surface area contributed by atoms with Crippen molar-refractivity contribution in [1.82, 2.24) is 4.31 Å². The third-order valence-electron chi connectivity index (χ3n) is 2.57. The second-order valence-corrected chi connectivity index (χ2v) is 5.76. The lowest BCUT2D eigenvalue weighted by atomic mass is 10.2. The monoisotopic (exact) mass is 315 g/mol. The van der Waals surface area contributed by atoms with Gasteiger partial charge in [0.05, 0.1) is 17.1 Å². The van der Waals surface area contributed by atoms with Crippen LogP contribution in [0.4, 0.5) is 17.6 Å². The van der Waals surface area contributed by atoms with Gasteiger partial charge in [-0.3, -0.25) is 0 Å². The van der Waals surface area contributed by atoms with Crippen molar-refractivity contribution in [3.8, 4) is 0 Å². The Hall–Kier alpha value is -1.19. The molecule has 0 aromatic heterocycles.